The van der Waals surface area contributed by atoms with E-state index < -0.39 is 18.0 Å². The molecular weight excluding hydrogens is 262 g/mol. The third-order valence-electron chi connectivity index (χ3n) is 2.92. The van der Waals surface area contributed by atoms with E-state index in [1.165, 1.54) is 6.33 Å². The molecule has 1 aliphatic rings. The fraction of sp³-hybridized carbons (Fsp3) is 0.231. The Balaban J connectivity index is 1.71. The first kappa shape index (κ1) is 12.3. The normalized spacial score (nSPS) is 17.8. The quantitative estimate of drug-likeness (QED) is 0.767. The van der Waals surface area contributed by atoms with Crippen LogP contribution >= 0.6 is 0 Å². The number of nitrogens with zero attached hydrogens (tertiary/aromatic N) is 3. The Kier molecular flexibility index (Phi) is 3.16. The summed E-state index contributed by atoms with van der Waals surface area (Å²) in [6.07, 6.45) is 2.59. The number of carbonyl (C=O) groups excluding carboxylic acids is 2. The number of hydrogen-bond acceptors (Lipinski definition) is 6. The molecule has 0 spiro atoms. The van der Waals surface area contributed by atoms with Crippen molar-refractivity contribution < 1.29 is 19.1 Å². The van der Waals surface area contributed by atoms with Gasteiger partial charge in [0.05, 0.1) is 17.9 Å². The van der Waals surface area contributed by atoms with E-state index in [4.69, 9.17) is 9.47 Å². The van der Waals surface area contributed by atoms with Gasteiger partial charge in [-0.05, 0) is 24.3 Å². The van der Waals surface area contributed by atoms with Crippen molar-refractivity contribution in [2.24, 2.45) is 0 Å². The molecular formula is C13H11N3O4. The van der Waals surface area contributed by atoms with Gasteiger partial charge >= 0.3 is 11.9 Å². The average molecular weight is 273 g/mol. The molecule has 2 heterocycles. The van der Waals surface area contributed by atoms with Gasteiger partial charge in [-0.15, -0.1) is 0 Å². The summed E-state index contributed by atoms with van der Waals surface area (Å²) in [5.41, 5.74) is 1.15. The van der Waals surface area contributed by atoms with Crippen molar-refractivity contribution in [1.82, 2.24) is 14.8 Å². The highest BCUT2D eigenvalue weighted by atomic mass is 16.6. The van der Waals surface area contributed by atoms with Gasteiger partial charge < -0.3 is 9.47 Å². The maximum atomic E-state index is 11.9. The topological polar surface area (TPSA) is 83.3 Å². The van der Waals surface area contributed by atoms with Crippen molar-refractivity contribution in [3.8, 4) is 5.69 Å². The Bertz CT molecular complexity index is 622. The Labute approximate surface area is 114 Å². The molecule has 0 radical (unpaired) electrons. The van der Waals surface area contributed by atoms with E-state index in [0.717, 1.165) is 5.69 Å². The molecule has 20 heavy (non-hydrogen) atoms. The zero-order valence-electron chi connectivity index (χ0n) is 10.4. The molecule has 0 aliphatic carbocycles. The van der Waals surface area contributed by atoms with Crippen molar-refractivity contribution >= 4 is 11.9 Å². The first-order chi connectivity index (χ1) is 9.74. The highest BCUT2D eigenvalue weighted by Crippen LogP contribution is 2.14. The van der Waals surface area contributed by atoms with E-state index >= 15 is 0 Å². The average Bonchev–Trinajstić information content (AvgIpc) is 3.12. The molecule has 0 saturated carbocycles. The zero-order chi connectivity index (χ0) is 13.9. The summed E-state index contributed by atoms with van der Waals surface area (Å²) in [4.78, 5) is 27.0. The third kappa shape index (κ3) is 2.37. The first-order valence-corrected chi connectivity index (χ1v) is 6.07. The van der Waals surface area contributed by atoms with Crippen LogP contribution in [-0.2, 0) is 14.3 Å². The van der Waals surface area contributed by atoms with Gasteiger partial charge in [0.15, 0.2) is 0 Å². The Morgan fingerprint density at radius 3 is 2.75 bits per heavy atom. The molecule has 1 saturated heterocycles. The molecule has 1 fully saturated rings. The standard InChI is InChI=1S/C13H11N3O4/c17-12(20-11-5-6-19-13(11)18)9-1-3-10(4-2-9)16-8-14-7-15-16/h1-4,7-8,11H,5-6H2. The molecule has 102 valence electrons. The fourth-order valence-corrected chi connectivity index (χ4v) is 1.87. The SMILES string of the molecule is O=C(OC1CCOC1=O)c1ccc(-n2cncn2)cc1. The van der Waals surface area contributed by atoms with E-state index in [1.807, 2.05) is 0 Å². The molecule has 2 aromatic rings. The van der Waals surface area contributed by atoms with Gasteiger partial charge in [-0.1, -0.05) is 0 Å². The molecule has 0 N–H and O–H groups in total. The van der Waals surface area contributed by atoms with Crippen LogP contribution in [0.5, 0.6) is 0 Å². The first-order valence-electron chi connectivity index (χ1n) is 6.07. The number of aromatic nitrogens is 3. The minimum atomic E-state index is -0.794. The van der Waals surface area contributed by atoms with Crippen LogP contribution in [-0.4, -0.2) is 39.4 Å². The van der Waals surface area contributed by atoms with Crippen LogP contribution in [0.1, 0.15) is 16.8 Å². The van der Waals surface area contributed by atoms with E-state index in [0.29, 0.717) is 18.6 Å². The lowest BCUT2D eigenvalue weighted by molar-refractivity contribution is -0.145. The van der Waals surface area contributed by atoms with Crippen molar-refractivity contribution in [2.45, 2.75) is 12.5 Å². The molecule has 1 aliphatic heterocycles. The second kappa shape index (κ2) is 5.12. The number of hydrogen-bond donors (Lipinski definition) is 0. The summed E-state index contributed by atoms with van der Waals surface area (Å²) in [6, 6.07) is 6.66. The summed E-state index contributed by atoms with van der Waals surface area (Å²) < 4.78 is 11.4. The van der Waals surface area contributed by atoms with Crippen LogP contribution in [0.2, 0.25) is 0 Å². The lowest BCUT2D eigenvalue weighted by Gasteiger charge is -2.08. The highest BCUT2D eigenvalue weighted by Gasteiger charge is 2.30. The van der Waals surface area contributed by atoms with Crippen molar-refractivity contribution in [1.29, 1.82) is 0 Å². The van der Waals surface area contributed by atoms with Crippen LogP contribution in [0, 0.1) is 0 Å². The second-order valence-corrected chi connectivity index (χ2v) is 4.24. The molecule has 1 aromatic carbocycles. The Hall–Kier alpha value is -2.70. The molecule has 0 bridgehead atoms. The van der Waals surface area contributed by atoms with Gasteiger partial charge in [0.25, 0.3) is 0 Å². The van der Waals surface area contributed by atoms with Gasteiger partial charge in [-0.25, -0.2) is 19.3 Å². The molecule has 3 rings (SSSR count). The van der Waals surface area contributed by atoms with Gasteiger partial charge in [0.2, 0.25) is 6.10 Å². The Morgan fingerprint density at radius 2 is 2.15 bits per heavy atom. The number of cyclic esters (lactones) is 1. The molecule has 1 atom stereocenters. The predicted octanol–water partition coefficient (Wildman–Crippen LogP) is 0.740. The van der Waals surface area contributed by atoms with Crippen molar-refractivity contribution in [2.75, 3.05) is 6.61 Å². The number of carbonyl (C=O) groups is 2. The Morgan fingerprint density at radius 1 is 1.35 bits per heavy atom. The van der Waals surface area contributed by atoms with Crippen molar-refractivity contribution in [3.63, 3.8) is 0 Å². The number of ether oxygens (including phenoxy) is 2. The largest absolute Gasteiger partial charge is 0.463 e. The van der Waals surface area contributed by atoms with Gasteiger partial charge in [0.1, 0.15) is 12.7 Å². The second-order valence-electron chi connectivity index (χ2n) is 4.24. The van der Waals surface area contributed by atoms with Gasteiger partial charge in [-0.2, -0.15) is 5.10 Å². The zero-order valence-corrected chi connectivity index (χ0v) is 10.4. The van der Waals surface area contributed by atoms with Gasteiger partial charge in [-0.3, -0.25) is 0 Å². The van der Waals surface area contributed by atoms with Crippen LogP contribution in [0.4, 0.5) is 0 Å². The van der Waals surface area contributed by atoms with E-state index in [-0.39, 0.29) is 0 Å². The fourth-order valence-electron chi connectivity index (χ4n) is 1.87. The summed E-state index contributed by atoms with van der Waals surface area (Å²) in [5, 5.41) is 3.98. The molecule has 7 nitrogen and oxygen atoms in total. The lowest BCUT2D eigenvalue weighted by atomic mass is 10.2. The summed E-state index contributed by atoms with van der Waals surface area (Å²) >= 11 is 0. The maximum absolute atomic E-state index is 11.9. The van der Waals surface area contributed by atoms with Gasteiger partial charge in [0, 0.05) is 6.42 Å². The minimum Gasteiger partial charge on any atom is -0.463 e. The van der Waals surface area contributed by atoms with Crippen LogP contribution in [0.3, 0.4) is 0 Å². The van der Waals surface area contributed by atoms with E-state index in [1.54, 1.807) is 35.3 Å². The molecule has 7 heteroatoms. The van der Waals surface area contributed by atoms with E-state index in [9.17, 15) is 9.59 Å². The smallest absolute Gasteiger partial charge is 0.347 e. The highest BCUT2D eigenvalue weighted by molar-refractivity contribution is 5.91. The summed E-state index contributed by atoms with van der Waals surface area (Å²) in [6.45, 7) is 0.294. The van der Waals surface area contributed by atoms with E-state index in [2.05, 4.69) is 10.1 Å². The predicted molar refractivity (Wildman–Crippen MR) is 66.1 cm³/mol. The molecule has 0 amide bonds. The van der Waals surface area contributed by atoms with Crippen LogP contribution in [0.15, 0.2) is 36.9 Å². The maximum Gasteiger partial charge on any atom is 0.347 e. The third-order valence-corrected chi connectivity index (χ3v) is 2.92. The lowest BCUT2D eigenvalue weighted by Crippen LogP contribution is -2.22. The number of rotatable bonds is 3. The monoisotopic (exact) mass is 273 g/mol. The van der Waals surface area contributed by atoms with Crippen LogP contribution in [0.25, 0.3) is 5.69 Å². The van der Waals surface area contributed by atoms with Crippen LogP contribution < -0.4 is 0 Å². The minimum absolute atomic E-state index is 0.294. The van der Waals surface area contributed by atoms with Crippen molar-refractivity contribution in [3.05, 3.63) is 42.5 Å². The number of esters is 2. The summed E-state index contributed by atoms with van der Waals surface area (Å²) in [5.74, 6) is -1.03. The number of benzene rings is 1. The summed E-state index contributed by atoms with van der Waals surface area (Å²) in [7, 11) is 0. The molecule has 1 unspecified atom stereocenters. The molecule has 1 aromatic heterocycles.